The maximum absolute atomic E-state index is 13.5. The van der Waals surface area contributed by atoms with E-state index in [0.29, 0.717) is 22.9 Å². The molecule has 2 aromatic carbocycles. The largest absolute Gasteiger partial charge is 0.497 e. The van der Waals surface area contributed by atoms with Gasteiger partial charge in [0.25, 0.3) is 5.91 Å². The molecule has 0 saturated heterocycles. The molecule has 0 atom stereocenters. The lowest BCUT2D eigenvalue weighted by Crippen LogP contribution is -2.28. The van der Waals surface area contributed by atoms with Gasteiger partial charge in [-0.1, -0.05) is 17.3 Å². The number of para-hydroxylation sites is 1. The van der Waals surface area contributed by atoms with Gasteiger partial charge in [0.05, 0.1) is 26.3 Å². The molecule has 0 saturated carbocycles. The maximum atomic E-state index is 13.5. The average Bonchev–Trinajstić information content (AvgIpc) is 3.20. The van der Waals surface area contributed by atoms with Crippen molar-refractivity contribution in [2.24, 2.45) is 0 Å². The zero-order valence-corrected chi connectivity index (χ0v) is 15.3. The molecule has 0 fully saturated rings. The number of aromatic nitrogens is 2. The van der Waals surface area contributed by atoms with E-state index in [9.17, 15) is 9.18 Å². The lowest BCUT2D eigenvalue weighted by Gasteiger charge is -2.07. The number of halogens is 1. The SMILES string of the molecule is COc1ccc(-c2noc(CNC(=O)COc3ccccc3F)n2)c(OC)c1. The van der Waals surface area contributed by atoms with Gasteiger partial charge in [0, 0.05) is 6.07 Å². The highest BCUT2D eigenvalue weighted by Crippen LogP contribution is 2.31. The molecular weight excluding hydrogens is 369 g/mol. The molecule has 0 aliphatic heterocycles. The van der Waals surface area contributed by atoms with Crippen molar-refractivity contribution < 1.29 is 27.9 Å². The predicted octanol–water partition coefficient (Wildman–Crippen LogP) is 2.59. The lowest BCUT2D eigenvalue weighted by atomic mass is 10.2. The Kier molecular flexibility index (Phi) is 6.05. The average molecular weight is 387 g/mol. The van der Waals surface area contributed by atoms with Crippen LogP contribution >= 0.6 is 0 Å². The quantitative estimate of drug-likeness (QED) is 0.635. The summed E-state index contributed by atoms with van der Waals surface area (Å²) in [5.74, 6) is 0.679. The number of nitrogens with one attached hydrogen (secondary N) is 1. The Labute approximate surface area is 160 Å². The van der Waals surface area contributed by atoms with Crippen molar-refractivity contribution in [3.8, 4) is 28.6 Å². The van der Waals surface area contributed by atoms with Crippen LogP contribution in [-0.4, -0.2) is 36.9 Å². The molecule has 3 aromatic rings. The second kappa shape index (κ2) is 8.85. The molecule has 0 aliphatic rings. The summed E-state index contributed by atoms with van der Waals surface area (Å²) in [7, 11) is 3.08. The molecule has 3 rings (SSSR count). The molecular formula is C19H18FN3O5. The molecule has 0 unspecified atom stereocenters. The van der Waals surface area contributed by atoms with Crippen LogP contribution in [0.3, 0.4) is 0 Å². The highest BCUT2D eigenvalue weighted by Gasteiger charge is 2.15. The van der Waals surface area contributed by atoms with Gasteiger partial charge in [0.15, 0.2) is 18.2 Å². The first kappa shape index (κ1) is 19.2. The molecule has 28 heavy (non-hydrogen) atoms. The number of carbonyl (C=O) groups excluding carboxylic acids is 1. The second-order valence-electron chi connectivity index (χ2n) is 5.57. The van der Waals surface area contributed by atoms with E-state index in [1.807, 2.05) is 0 Å². The number of ether oxygens (including phenoxy) is 3. The van der Waals surface area contributed by atoms with E-state index in [1.165, 1.54) is 25.3 Å². The van der Waals surface area contributed by atoms with Crippen molar-refractivity contribution >= 4 is 5.91 Å². The van der Waals surface area contributed by atoms with Gasteiger partial charge in [-0.3, -0.25) is 4.79 Å². The second-order valence-corrected chi connectivity index (χ2v) is 5.57. The fourth-order valence-corrected chi connectivity index (χ4v) is 2.35. The monoisotopic (exact) mass is 387 g/mol. The highest BCUT2D eigenvalue weighted by atomic mass is 19.1. The normalized spacial score (nSPS) is 10.4. The van der Waals surface area contributed by atoms with Gasteiger partial charge >= 0.3 is 0 Å². The smallest absolute Gasteiger partial charge is 0.258 e. The summed E-state index contributed by atoms with van der Waals surface area (Å²) < 4.78 is 34.2. The molecule has 146 valence electrons. The zero-order valence-electron chi connectivity index (χ0n) is 15.3. The first-order chi connectivity index (χ1) is 13.6. The molecule has 1 N–H and O–H groups in total. The van der Waals surface area contributed by atoms with Crippen LogP contribution < -0.4 is 19.5 Å². The van der Waals surface area contributed by atoms with E-state index in [-0.39, 0.29) is 24.8 Å². The number of hydrogen-bond donors (Lipinski definition) is 1. The van der Waals surface area contributed by atoms with E-state index in [1.54, 1.807) is 31.4 Å². The molecule has 0 bridgehead atoms. The van der Waals surface area contributed by atoms with Crippen LogP contribution in [0.25, 0.3) is 11.4 Å². The molecule has 1 aromatic heterocycles. The van der Waals surface area contributed by atoms with Crippen molar-refractivity contribution in [2.75, 3.05) is 20.8 Å². The van der Waals surface area contributed by atoms with E-state index in [2.05, 4.69) is 15.5 Å². The van der Waals surface area contributed by atoms with E-state index in [0.717, 1.165) is 0 Å². The van der Waals surface area contributed by atoms with Crippen LogP contribution in [0.1, 0.15) is 5.89 Å². The van der Waals surface area contributed by atoms with Crippen molar-refractivity contribution in [3.63, 3.8) is 0 Å². The van der Waals surface area contributed by atoms with Gasteiger partial charge in [-0.25, -0.2) is 4.39 Å². The summed E-state index contributed by atoms with van der Waals surface area (Å²) in [5, 5.41) is 6.46. The number of benzene rings is 2. The van der Waals surface area contributed by atoms with E-state index >= 15 is 0 Å². The van der Waals surface area contributed by atoms with Gasteiger partial charge in [0.1, 0.15) is 11.5 Å². The van der Waals surface area contributed by atoms with E-state index in [4.69, 9.17) is 18.7 Å². The third-order valence-corrected chi connectivity index (χ3v) is 3.75. The predicted molar refractivity (Wildman–Crippen MR) is 96.6 cm³/mol. The zero-order chi connectivity index (χ0) is 19.9. The van der Waals surface area contributed by atoms with Crippen LogP contribution in [0.2, 0.25) is 0 Å². The van der Waals surface area contributed by atoms with Gasteiger partial charge < -0.3 is 24.1 Å². The molecule has 0 radical (unpaired) electrons. The Hall–Kier alpha value is -3.62. The van der Waals surface area contributed by atoms with Crippen molar-refractivity contribution in [3.05, 3.63) is 54.2 Å². The number of rotatable bonds is 8. The third-order valence-electron chi connectivity index (χ3n) is 3.75. The third kappa shape index (κ3) is 4.56. The molecule has 0 aliphatic carbocycles. The number of hydrogen-bond acceptors (Lipinski definition) is 7. The number of carbonyl (C=O) groups is 1. The lowest BCUT2D eigenvalue weighted by molar-refractivity contribution is -0.123. The minimum absolute atomic E-state index is 0.00401. The Morgan fingerprint density at radius 1 is 1.14 bits per heavy atom. The topological polar surface area (TPSA) is 95.7 Å². The summed E-state index contributed by atoms with van der Waals surface area (Å²) in [5.41, 5.74) is 0.618. The highest BCUT2D eigenvalue weighted by molar-refractivity contribution is 5.77. The van der Waals surface area contributed by atoms with Crippen LogP contribution in [0.5, 0.6) is 17.2 Å². The van der Waals surface area contributed by atoms with Crippen LogP contribution in [0.4, 0.5) is 4.39 Å². The summed E-state index contributed by atoms with van der Waals surface area (Å²) in [4.78, 5) is 16.1. The van der Waals surface area contributed by atoms with Crippen LogP contribution in [-0.2, 0) is 11.3 Å². The minimum atomic E-state index is -0.537. The first-order valence-corrected chi connectivity index (χ1v) is 8.29. The standard InChI is InChI=1S/C19H18FN3O5/c1-25-12-7-8-13(16(9-12)26-2)19-22-18(28-23-19)10-21-17(24)11-27-15-6-4-3-5-14(15)20/h3-9H,10-11H2,1-2H3,(H,21,24). The van der Waals surface area contributed by atoms with Crippen LogP contribution in [0.15, 0.2) is 47.0 Å². The first-order valence-electron chi connectivity index (χ1n) is 8.29. The van der Waals surface area contributed by atoms with Crippen molar-refractivity contribution in [1.82, 2.24) is 15.5 Å². The number of amides is 1. The fourth-order valence-electron chi connectivity index (χ4n) is 2.35. The number of methoxy groups -OCH3 is 2. The molecule has 1 heterocycles. The molecule has 9 heteroatoms. The summed E-state index contributed by atoms with van der Waals surface area (Å²) in [6.45, 7) is -0.334. The molecule has 1 amide bonds. The summed E-state index contributed by atoms with van der Waals surface area (Å²) in [6.07, 6.45) is 0. The Balaban J connectivity index is 1.58. The molecule has 8 nitrogen and oxygen atoms in total. The molecule has 0 spiro atoms. The fraction of sp³-hybridized carbons (Fsp3) is 0.211. The number of nitrogens with zero attached hydrogens (tertiary/aromatic N) is 2. The van der Waals surface area contributed by atoms with Crippen molar-refractivity contribution in [2.45, 2.75) is 6.54 Å². The minimum Gasteiger partial charge on any atom is -0.497 e. The van der Waals surface area contributed by atoms with Crippen LogP contribution in [0, 0.1) is 5.82 Å². The summed E-state index contributed by atoms with van der Waals surface area (Å²) >= 11 is 0. The van der Waals surface area contributed by atoms with E-state index < -0.39 is 11.7 Å². The van der Waals surface area contributed by atoms with Crippen molar-refractivity contribution in [1.29, 1.82) is 0 Å². The maximum Gasteiger partial charge on any atom is 0.258 e. The van der Waals surface area contributed by atoms with Gasteiger partial charge in [-0.2, -0.15) is 4.98 Å². The van der Waals surface area contributed by atoms with Gasteiger partial charge in [-0.05, 0) is 24.3 Å². The Bertz CT molecular complexity index is 960. The van der Waals surface area contributed by atoms with Gasteiger partial charge in [0.2, 0.25) is 11.7 Å². The summed E-state index contributed by atoms with van der Waals surface area (Å²) in [6, 6.07) is 11.0. The van der Waals surface area contributed by atoms with Gasteiger partial charge in [-0.15, -0.1) is 0 Å². The Morgan fingerprint density at radius 3 is 2.71 bits per heavy atom. The Morgan fingerprint density at radius 2 is 1.96 bits per heavy atom.